The van der Waals surface area contributed by atoms with Crippen LogP contribution in [0.3, 0.4) is 0 Å². The molecular weight excluding hydrogens is 548 g/mol. The molecule has 4 rings (SSSR count). The lowest BCUT2D eigenvalue weighted by molar-refractivity contribution is -0.384. The van der Waals surface area contributed by atoms with E-state index in [1.54, 1.807) is 16.7 Å². The summed E-state index contributed by atoms with van der Waals surface area (Å²) in [5, 5.41) is 14.4. The Bertz CT molecular complexity index is 1490. The predicted molar refractivity (Wildman–Crippen MR) is 150 cm³/mol. The molecule has 2 aromatic heterocycles. The van der Waals surface area contributed by atoms with Crippen molar-refractivity contribution in [2.75, 3.05) is 23.9 Å². The van der Waals surface area contributed by atoms with E-state index in [2.05, 4.69) is 16.9 Å². The summed E-state index contributed by atoms with van der Waals surface area (Å²) < 4.78 is 7.37. The number of non-ortho nitro benzene ring substituents is 1. The largest absolute Gasteiger partial charge is 0.465 e. The van der Waals surface area contributed by atoms with Crippen molar-refractivity contribution in [3.63, 3.8) is 0 Å². The van der Waals surface area contributed by atoms with Crippen LogP contribution < -0.4 is 10.1 Å². The van der Waals surface area contributed by atoms with Gasteiger partial charge in [-0.3, -0.25) is 19.7 Å². The van der Waals surface area contributed by atoms with Crippen LogP contribution in [0.25, 0.3) is 10.2 Å². The molecule has 10 nitrogen and oxygen atoms in total. The van der Waals surface area contributed by atoms with Crippen LogP contribution in [0.2, 0.25) is 0 Å². The second-order valence-electron chi connectivity index (χ2n) is 8.50. The number of anilines is 1. The van der Waals surface area contributed by atoms with Gasteiger partial charge in [-0.15, -0.1) is 29.7 Å². The second kappa shape index (κ2) is 12.5. The number of nitro groups is 1. The van der Waals surface area contributed by atoms with Crippen molar-refractivity contribution in [1.82, 2.24) is 4.57 Å². The normalized spacial score (nSPS) is 13.6. The van der Waals surface area contributed by atoms with Gasteiger partial charge in [-0.2, -0.15) is 4.99 Å². The number of hydrogen-bond donors (Lipinski definition) is 1. The fourth-order valence-corrected chi connectivity index (χ4v) is 7.23. The Hall–Kier alpha value is -3.29. The molecule has 0 aliphatic heterocycles. The van der Waals surface area contributed by atoms with E-state index in [4.69, 9.17) is 4.74 Å². The molecule has 0 radical (unpaired) electrons. The van der Waals surface area contributed by atoms with Crippen LogP contribution in [-0.2, 0) is 33.7 Å². The lowest BCUT2D eigenvalue weighted by Crippen LogP contribution is -2.19. The zero-order valence-corrected chi connectivity index (χ0v) is 23.1. The minimum absolute atomic E-state index is 0.00963. The highest BCUT2D eigenvalue weighted by molar-refractivity contribution is 8.00. The summed E-state index contributed by atoms with van der Waals surface area (Å²) >= 11 is 3.72. The number of amides is 2. The number of aryl methyl sites for hydroxylation is 1. The van der Waals surface area contributed by atoms with Crippen molar-refractivity contribution in [2.24, 2.45) is 4.99 Å². The van der Waals surface area contributed by atoms with Crippen molar-refractivity contribution in [3.8, 4) is 0 Å². The molecule has 0 unspecified atom stereocenters. The van der Waals surface area contributed by atoms with Crippen LogP contribution in [0.5, 0.6) is 0 Å². The number of methoxy groups -OCH3 is 1. The van der Waals surface area contributed by atoms with Gasteiger partial charge in [-0.05, 0) is 37.3 Å². The number of esters is 1. The number of benzene rings is 1. The maximum absolute atomic E-state index is 12.7. The first-order valence-electron chi connectivity index (χ1n) is 11.9. The first kappa shape index (κ1) is 27.7. The van der Waals surface area contributed by atoms with Crippen molar-refractivity contribution in [1.29, 1.82) is 0 Å². The van der Waals surface area contributed by atoms with E-state index in [0.29, 0.717) is 26.6 Å². The van der Waals surface area contributed by atoms with E-state index in [9.17, 15) is 24.5 Å². The number of nitrogens with one attached hydrogen (secondary N) is 1. The molecule has 0 saturated heterocycles. The molecule has 0 saturated carbocycles. The summed E-state index contributed by atoms with van der Waals surface area (Å²) in [5.41, 5.74) is 2.09. The molecule has 13 heteroatoms. The number of allylic oxidation sites excluding steroid dienone is 1. The molecule has 3 aromatic rings. The molecular formula is C25H26N4O6S3. The van der Waals surface area contributed by atoms with Gasteiger partial charge in [-0.25, -0.2) is 4.79 Å². The number of hydrogen-bond acceptors (Lipinski definition) is 9. The Morgan fingerprint density at radius 2 is 2.03 bits per heavy atom. The zero-order chi connectivity index (χ0) is 27.2. The van der Waals surface area contributed by atoms with Crippen LogP contribution in [0, 0.1) is 10.1 Å². The molecule has 2 amide bonds. The fraction of sp³-hybridized carbons (Fsp3) is 0.360. The molecule has 2 heterocycles. The van der Waals surface area contributed by atoms with Gasteiger partial charge in [0.15, 0.2) is 4.80 Å². The molecule has 1 aliphatic carbocycles. The third kappa shape index (κ3) is 6.22. The molecule has 0 spiro atoms. The number of thiazole rings is 1. The summed E-state index contributed by atoms with van der Waals surface area (Å²) in [6.45, 7) is 4.11. The topological polar surface area (TPSA) is 133 Å². The fourth-order valence-electron chi connectivity index (χ4n) is 4.25. The zero-order valence-electron chi connectivity index (χ0n) is 20.7. The van der Waals surface area contributed by atoms with Crippen molar-refractivity contribution in [2.45, 2.75) is 38.6 Å². The predicted octanol–water partition coefficient (Wildman–Crippen LogP) is 4.71. The molecule has 0 bridgehead atoms. The minimum Gasteiger partial charge on any atom is -0.465 e. The highest BCUT2D eigenvalue weighted by Gasteiger charge is 2.26. The Morgan fingerprint density at radius 1 is 1.24 bits per heavy atom. The SMILES string of the molecule is C=CCn1c(=NC(=O)CSCC(=O)Nc2sc3c(c2C(=O)OC)CCCCC3)sc2cc([N+](=O)[O-])ccc21. The third-order valence-electron chi connectivity index (χ3n) is 5.93. The van der Waals surface area contributed by atoms with Gasteiger partial charge in [0, 0.05) is 23.6 Å². The monoisotopic (exact) mass is 574 g/mol. The van der Waals surface area contributed by atoms with Crippen molar-refractivity contribution in [3.05, 3.63) is 61.8 Å². The van der Waals surface area contributed by atoms with Gasteiger partial charge in [0.1, 0.15) is 5.00 Å². The van der Waals surface area contributed by atoms with Crippen molar-refractivity contribution >= 4 is 73.1 Å². The number of thioether (sulfide) groups is 1. The number of aromatic nitrogens is 1. The highest BCUT2D eigenvalue weighted by atomic mass is 32.2. The number of ether oxygens (including phenoxy) is 1. The summed E-state index contributed by atoms with van der Waals surface area (Å²) in [5.74, 6) is -1.22. The Balaban J connectivity index is 1.43. The minimum atomic E-state index is -0.471. The van der Waals surface area contributed by atoms with Crippen molar-refractivity contribution < 1.29 is 24.0 Å². The number of rotatable bonds is 9. The van der Waals surface area contributed by atoms with Crippen LogP contribution in [-0.4, -0.2) is 45.9 Å². The average molecular weight is 575 g/mol. The summed E-state index contributed by atoms with van der Waals surface area (Å²) in [6, 6.07) is 4.49. The Morgan fingerprint density at radius 3 is 2.76 bits per heavy atom. The molecule has 1 N–H and O–H groups in total. The van der Waals surface area contributed by atoms with E-state index < -0.39 is 16.8 Å². The first-order chi connectivity index (χ1) is 18.3. The van der Waals surface area contributed by atoms with E-state index in [1.165, 1.54) is 41.9 Å². The number of nitrogens with zero attached hydrogens (tertiary/aromatic N) is 3. The van der Waals surface area contributed by atoms with Gasteiger partial charge in [-0.1, -0.05) is 23.8 Å². The number of carbonyl (C=O) groups excluding carboxylic acids is 3. The lowest BCUT2D eigenvalue weighted by atomic mass is 10.1. The van der Waals surface area contributed by atoms with Gasteiger partial charge >= 0.3 is 5.97 Å². The van der Waals surface area contributed by atoms with Gasteiger partial charge in [0.2, 0.25) is 5.91 Å². The van der Waals surface area contributed by atoms with Gasteiger partial charge in [0.05, 0.1) is 39.3 Å². The maximum atomic E-state index is 12.7. The maximum Gasteiger partial charge on any atom is 0.341 e. The highest BCUT2D eigenvalue weighted by Crippen LogP contribution is 2.38. The van der Waals surface area contributed by atoms with Gasteiger partial charge in [0.25, 0.3) is 11.6 Å². The van der Waals surface area contributed by atoms with Crippen LogP contribution in [0.15, 0.2) is 35.8 Å². The average Bonchev–Trinajstić information content (AvgIpc) is 3.30. The quantitative estimate of drug-likeness (QED) is 0.129. The van der Waals surface area contributed by atoms with Crippen LogP contribution in [0.1, 0.15) is 40.1 Å². The number of carbonyl (C=O) groups is 3. The lowest BCUT2D eigenvalue weighted by Gasteiger charge is -2.07. The van der Waals surface area contributed by atoms with E-state index >= 15 is 0 Å². The van der Waals surface area contributed by atoms with Crippen LogP contribution >= 0.6 is 34.4 Å². The molecule has 1 aromatic carbocycles. The van der Waals surface area contributed by atoms with E-state index in [1.807, 2.05) is 0 Å². The molecule has 0 atom stereocenters. The van der Waals surface area contributed by atoms with Gasteiger partial charge < -0.3 is 14.6 Å². The summed E-state index contributed by atoms with van der Waals surface area (Å²) in [7, 11) is 1.33. The third-order valence-corrected chi connectivity index (χ3v) is 9.10. The standard InChI is InChI=1S/C25H26N4O6S3/c1-3-11-28-17-10-9-15(29(33)34)12-19(17)38-25(28)27-21(31)14-36-13-20(30)26-23-22(24(32)35-2)16-7-5-4-6-8-18(16)37-23/h3,9-10,12H,1,4-8,11,13-14H2,2H3,(H,26,30). The molecule has 1 aliphatic rings. The smallest absolute Gasteiger partial charge is 0.341 e. The number of fused-ring (bicyclic) bond motifs is 2. The Kier molecular flexibility index (Phi) is 9.13. The second-order valence-corrected chi connectivity index (χ2v) is 11.6. The number of nitro benzene ring substituents is 1. The van der Waals surface area contributed by atoms with E-state index in [0.717, 1.165) is 59.8 Å². The molecule has 38 heavy (non-hydrogen) atoms. The summed E-state index contributed by atoms with van der Waals surface area (Å²) in [6.07, 6.45) is 6.46. The van der Waals surface area contributed by atoms with Crippen LogP contribution in [0.4, 0.5) is 10.7 Å². The number of thiophene rings is 1. The van der Waals surface area contributed by atoms with E-state index in [-0.39, 0.29) is 23.1 Å². The molecule has 0 fully saturated rings. The molecule has 200 valence electrons. The summed E-state index contributed by atoms with van der Waals surface area (Å²) in [4.78, 5) is 54.0. The first-order valence-corrected chi connectivity index (χ1v) is 14.7. The Labute approximate surface area is 230 Å².